The SMILES string of the molecule is CCOc1cc(/C=C(\C#N)C(=O)Nc2ccc(C)cc2)cc(I)c1OCc1cccc(C)c1. The van der Waals surface area contributed by atoms with Gasteiger partial charge in [-0.15, -0.1) is 0 Å². The number of anilines is 1. The maximum absolute atomic E-state index is 12.6. The maximum Gasteiger partial charge on any atom is 0.266 e. The molecule has 0 unspecified atom stereocenters. The molecule has 0 spiro atoms. The van der Waals surface area contributed by atoms with Gasteiger partial charge in [0.05, 0.1) is 10.2 Å². The first-order valence-corrected chi connectivity index (χ1v) is 11.6. The third kappa shape index (κ3) is 6.83. The average Bonchev–Trinajstić information content (AvgIpc) is 2.78. The summed E-state index contributed by atoms with van der Waals surface area (Å²) in [6.45, 7) is 6.79. The molecule has 3 aromatic rings. The first-order valence-electron chi connectivity index (χ1n) is 10.5. The predicted octanol–water partition coefficient (Wildman–Crippen LogP) is 6.43. The zero-order chi connectivity index (χ0) is 23.8. The van der Waals surface area contributed by atoms with Crippen molar-refractivity contribution >= 4 is 40.3 Å². The van der Waals surface area contributed by atoms with Crippen molar-refractivity contribution in [3.63, 3.8) is 0 Å². The van der Waals surface area contributed by atoms with Crippen LogP contribution in [-0.2, 0) is 11.4 Å². The van der Waals surface area contributed by atoms with E-state index < -0.39 is 5.91 Å². The summed E-state index contributed by atoms with van der Waals surface area (Å²) in [6, 6.07) is 21.2. The highest BCUT2D eigenvalue weighted by atomic mass is 127. The predicted molar refractivity (Wildman–Crippen MR) is 139 cm³/mol. The molecular weight excluding hydrogens is 527 g/mol. The quantitative estimate of drug-likeness (QED) is 0.199. The smallest absolute Gasteiger partial charge is 0.266 e. The number of nitrogens with one attached hydrogen (secondary N) is 1. The van der Waals surface area contributed by atoms with Crippen LogP contribution in [0.1, 0.15) is 29.2 Å². The lowest BCUT2D eigenvalue weighted by molar-refractivity contribution is -0.112. The second kappa shape index (κ2) is 11.5. The van der Waals surface area contributed by atoms with Gasteiger partial charge in [-0.1, -0.05) is 47.5 Å². The van der Waals surface area contributed by atoms with E-state index in [4.69, 9.17) is 9.47 Å². The average molecular weight is 552 g/mol. The maximum atomic E-state index is 12.6. The van der Waals surface area contributed by atoms with Gasteiger partial charge in [0.2, 0.25) is 0 Å². The van der Waals surface area contributed by atoms with Crippen LogP contribution in [0.3, 0.4) is 0 Å². The van der Waals surface area contributed by atoms with Gasteiger partial charge in [-0.3, -0.25) is 4.79 Å². The van der Waals surface area contributed by atoms with Crippen molar-refractivity contribution in [3.8, 4) is 17.6 Å². The van der Waals surface area contributed by atoms with E-state index in [-0.39, 0.29) is 5.57 Å². The van der Waals surface area contributed by atoms with Crippen LogP contribution in [0.5, 0.6) is 11.5 Å². The van der Waals surface area contributed by atoms with Gasteiger partial charge in [-0.25, -0.2) is 0 Å². The molecule has 168 valence electrons. The van der Waals surface area contributed by atoms with Crippen LogP contribution in [0.15, 0.2) is 66.2 Å². The molecule has 6 heteroatoms. The number of ether oxygens (including phenoxy) is 2. The van der Waals surface area contributed by atoms with Crippen LogP contribution >= 0.6 is 22.6 Å². The van der Waals surface area contributed by atoms with Crippen LogP contribution in [0.25, 0.3) is 6.08 Å². The monoisotopic (exact) mass is 552 g/mol. The lowest BCUT2D eigenvalue weighted by Gasteiger charge is -2.15. The first-order chi connectivity index (χ1) is 15.9. The van der Waals surface area contributed by atoms with Crippen LogP contribution in [-0.4, -0.2) is 12.5 Å². The Hall–Kier alpha value is -3.31. The van der Waals surface area contributed by atoms with Gasteiger partial charge in [0.25, 0.3) is 5.91 Å². The van der Waals surface area contributed by atoms with E-state index in [1.807, 2.05) is 63.2 Å². The van der Waals surface area contributed by atoms with Crippen molar-refractivity contribution in [1.29, 1.82) is 5.26 Å². The Kier molecular flexibility index (Phi) is 8.50. The fourth-order valence-corrected chi connectivity index (χ4v) is 3.96. The normalized spacial score (nSPS) is 10.9. The molecule has 0 aliphatic carbocycles. The number of aryl methyl sites for hydroxylation is 2. The van der Waals surface area contributed by atoms with E-state index in [9.17, 15) is 10.1 Å². The molecule has 3 aromatic carbocycles. The number of nitrogens with zero attached hydrogens (tertiary/aromatic N) is 1. The summed E-state index contributed by atoms with van der Waals surface area (Å²) in [4.78, 5) is 12.6. The molecular formula is C27H25IN2O3. The topological polar surface area (TPSA) is 71.3 Å². The largest absolute Gasteiger partial charge is 0.490 e. The zero-order valence-electron chi connectivity index (χ0n) is 18.8. The van der Waals surface area contributed by atoms with Crippen LogP contribution in [0.4, 0.5) is 5.69 Å². The van der Waals surface area contributed by atoms with Crippen molar-refractivity contribution in [2.75, 3.05) is 11.9 Å². The van der Waals surface area contributed by atoms with Crippen molar-refractivity contribution in [1.82, 2.24) is 0 Å². The minimum Gasteiger partial charge on any atom is -0.490 e. The fraction of sp³-hybridized carbons (Fsp3) is 0.185. The summed E-state index contributed by atoms with van der Waals surface area (Å²) in [5.74, 6) is 0.743. The second-order valence-corrected chi connectivity index (χ2v) is 8.69. The standard InChI is InChI=1S/C27H25IN2O3/c1-4-32-25-15-21(13-22(16-29)27(31)30-23-10-8-18(2)9-11-23)14-24(28)26(25)33-17-20-7-5-6-19(3)12-20/h5-15H,4,17H2,1-3H3,(H,30,31)/b22-13+. The number of benzene rings is 3. The van der Waals surface area contributed by atoms with E-state index in [1.165, 1.54) is 5.56 Å². The highest BCUT2D eigenvalue weighted by Crippen LogP contribution is 2.35. The Labute approximate surface area is 208 Å². The molecule has 0 fully saturated rings. The molecule has 5 nitrogen and oxygen atoms in total. The van der Waals surface area contributed by atoms with Crippen molar-refractivity contribution in [2.24, 2.45) is 0 Å². The van der Waals surface area contributed by atoms with E-state index in [1.54, 1.807) is 24.3 Å². The van der Waals surface area contributed by atoms with Crippen LogP contribution < -0.4 is 14.8 Å². The van der Waals surface area contributed by atoms with Gasteiger partial charge in [0.15, 0.2) is 11.5 Å². The van der Waals surface area contributed by atoms with Gasteiger partial charge in [0, 0.05) is 5.69 Å². The molecule has 0 radical (unpaired) electrons. The fourth-order valence-electron chi connectivity index (χ4n) is 3.18. The molecule has 0 bridgehead atoms. The molecule has 0 heterocycles. The summed E-state index contributed by atoms with van der Waals surface area (Å²) < 4.78 is 12.7. The van der Waals surface area contributed by atoms with Gasteiger partial charge in [-0.2, -0.15) is 5.26 Å². The Bertz CT molecular complexity index is 1210. The highest BCUT2D eigenvalue weighted by Gasteiger charge is 2.15. The van der Waals surface area contributed by atoms with Crippen LogP contribution in [0, 0.1) is 28.7 Å². The lowest BCUT2D eigenvalue weighted by atomic mass is 10.1. The lowest BCUT2D eigenvalue weighted by Crippen LogP contribution is -2.13. The third-order valence-corrected chi connectivity index (χ3v) is 5.58. The van der Waals surface area contributed by atoms with Crippen LogP contribution in [0.2, 0.25) is 0 Å². The minimum atomic E-state index is -0.464. The third-order valence-electron chi connectivity index (χ3n) is 4.78. The number of carbonyl (C=O) groups is 1. The van der Waals surface area contributed by atoms with Crippen molar-refractivity contribution in [2.45, 2.75) is 27.4 Å². The number of hydrogen-bond acceptors (Lipinski definition) is 4. The van der Waals surface area contributed by atoms with Crippen molar-refractivity contribution in [3.05, 3.63) is 92.1 Å². The Balaban J connectivity index is 1.84. The number of rotatable bonds is 8. The van der Waals surface area contributed by atoms with Crippen molar-refractivity contribution < 1.29 is 14.3 Å². The number of carbonyl (C=O) groups excluding carboxylic acids is 1. The molecule has 1 amide bonds. The number of nitriles is 1. The molecule has 0 saturated heterocycles. The van der Waals surface area contributed by atoms with E-state index in [2.05, 4.69) is 34.0 Å². The molecule has 3 rings (SSSR count). The number of amides is 1. The summed E-state index contributed by atoms with van der Waals surface area (Å²) in [7, 11) is 0. The van der Waals surface area contributed by atoms with E-state index in [0.29, 0.717) is 36.0 Å². The highest BCUT2D eigenvalue weighted by molar-refractivity contribution is 14.1. The van der Waals surface area contributed by atoms with Gasteiger partial charge in [0.1, 0.15) is 18.2 Å². The molecule has 0 aliphatic heterocycles. The Morgan fingerprint density at radius 1 is 1.06 bits per heavy atom. The van der Waals surface area contributed by atoms with E-state index >= 15 is 0 Å². The second-order valence-electron chi connectivity index (χ2n) is 7.53. The summed E-state index contributed by atoms with van der Waals surface area (Å²) >= 11 is 2.18. The molecule has 0 aliphatic rings. The number of halogens is 1. The molecule has 0 saturated carbocycles. The molecule has 0 atom stereocenters. The molecule has 0 aromatic heterocycles. The summed E-state index contributed by atoms with van der Waals surface area (Å²) in [5, 5.41) is 12.3. The van der Waals surface area contributed by atoms with Gasteiger partial charge in [-0.05, 0) is 84.8 Å². The summed E-state index contributed by atoms with van der Waals surface area (Å²) in [6.07, 6.45) is 1.55. The molecule has 33 heavy (non-hydrogen) atoms. The zero-order valence-corrected chi connectivity index (χ0v) is 21.0. The van der Waals surface area contributed by atoms with E-state index in [0.717, 1.165) is 14.7 Å². The van der Waals surface area contributed by atoms with Gasteiger partial charge >= 0.3 is 0 Å². The Morgan fingerprint density at radius 2 is 1.82 bits per heavy atom. The minimum absolute atomic E-state index is 0.00209. The number of hydrogen-bond donors (Lipinski definition) is 1. The Morgan fingerprint density at radius 3 is 2.48 bits per heavy atom. The first kappa shape index (κ1) is 24.3. The van der Waals surface area contributed by atoms with Gasteiger partial charge < -0.3 is 14.8 Å². The molecule has 1 N–H and O–H groups in total. The summed E-state index contributed by atoms with van der Waals surface area (Å²) in [5.41, 5.74) is 4.65.